The number of fused-ring (bicyclic) bond motifs is 2. The highest BCUT2D eigenvalue weighted by Gasteiger charge is 2.66. The summed E-state index contributed by atoms with van der Waals surface area (Å²) < 4.78 is 52.5. The van der Waals surface area contributed by atoms with Crippen LogP contribution in [0.3, 0.4) is 0 Å². The lowest BCUT2D eigenvalue weighted by Gasteiger charge is -2.42. The number of ether oxygens (including phenoxy) is 2. The van der Waals surface area contributed by atoms with Gasteiger partial charge < -0.3 is 14.4 Å². The number of nitrogens with zero attached hydrogens (tertiary/aromatic N) is 1. The lowest BCUT2D eigenvalue weighted by molar-refractivity contribution is -0.271. The number of alkyl halides is 3. The van der Waals surface area contributed by atoms with E-state index < -0.39 is 35.7 Å². The molecule has 5 nitrogen and oxygen atoms in total. The van der Waals surface area contributed by atoms with E-state index in [4.69, 9.17) is 9.47 Å². The van der Waals surface area contributed by atoms with E-state index in [9.17, 15) is 22.8 Å². The number of hydrogen-bond donors (Lipinski definition) is 0. The van der Waals surface area contributed by atoms with E-state index in [1.807, 2.05) is 6.92 Å². The normalized spacial score (nSPS) is 26.4. The van der Waals surface area contributed by atoms with E-state index in [2.05, 4.69) is 0 Å². The zero-order valence-electron chi connectivity index (χ0n) is 15.8. The number of amides is 1. The van der Waals surface area contributed by atoms with Gasteiger partial charge in [0.05, 0.1) is 18.7 Å². The van der Waals surface area contributed by atoms with Crippen LogP contribution in [0, 0.1) is 5.92 Å². The fourth-order valence-corrected chi connectivity index (χ4v) is 4.35. The second-order valence-corrected chi connectivity index (χ2v) is 7.14. The van der Waals surface area contributed by atoms with Gasteiger partial charge in [-0.25, -0.2) is 4.79 Å². The lowest BCUT2D eigenvalue weighted by atomic mass is 9.88. The fourth-order valence-electron chi connectivity index (χ4n) is 4.35. The summed E-state index contributed by atoms with van der Waals surface area (Å²) in [5, 5.41) is 0. The average Bonchev–Trinajstić information content (AvgIpc) is 2.89. The van der Waals surface area contributed by atoms with Crippen LogP contribution in [0.2, 0.25) is 0 Å². The molecule has 1 aromatic carbocycles. The van der Waals surface area contributed by atoms with Crippen LogP contribution in [-0.2, 0) is 24.7 Å². The first kappa shape index (κ1) is 20.4. The minimum absolute atomic E-state index is 0.0640. The number of carbonyl (C=O) groups is 2. The van der Waals surface area contributed by atoms with Crippen molar-refractivity contribution in [3.05, 3.63) is 47.5 Å². The molecule has 2 bridgehead atoms. The van der Waals surface area contributed by atoms with Crippen LogP contribution in [0.15, 0.2) is 42.0 Å². The highest BCUT2D eigenvalue weighted by molar-refractivity contribution is 5.94. The minimum Gasteiger partial charge on any atom is -0.466 e. The largest absolute Gasteiger partial charge is 0.466 e. The highest BCUT2D eigenvalue weighted by Crippen LogP contribution is 2.48. The molecule has 0 N–H and O–H groups in total. The van der Waals surface area contributed by atoms with Crippen LogP contribution in [0.5, 0.6) is 0 Å². The molecule has 1 amide bonds. The van der Waals surface area contributed by atoms with Gasteiger partial charge in [0, 0.05) is 18.7 Å². The summed E-state index contributed by atoms with van der Waals surface area (Å²) in [4.78, 5) is 26.8. The third kappa shape index (κ3) is 2.90. The molecule has 0 spiro atoms. The summed E-state index contributed by atoms with van der Waals surface area (Å²) in [7, 11) is 2.09. The number of halogens is 3. The second kappa shape index (κ2) is 7.24. The summed E-state index contributed by atoms with van der Waals surface area (Å²) in [5.41, 5.74) is -3.22. The number of methoxy groups -OCH3 is 2. The van der Waals surface area contributed by atoms with Crippen molar-refractivity contribution in [2.75, 3.05) is 14.2 Å². The van der Waals surface area contributed by atoms with Crippen molar-refractivity contribution >= 4 is 11.9 Å². The number of esters is 1. The van der Waals surface area contributed by atoms with Gasteiger partial charge in [0.2, 0.25) is 0 Å². The van der Waals surface area contributed by atoms with E-state index in [1.54, 1.807) is 12.1 Å². The van der Waals surface area contributed by atoms with Gasteiger partial charge in [0.15, 0.2) is 0 Å². The quantitative estimate of drug-likeness (QED) is 0.733. The SMILES string of the molecule is COC(=O)C1=CC[C@@H]2[C@H](C)C[C@H]1N2C(=O)[C@](OC)(c1ccccc1)C(F)(F)F. The zero-order chi connectivity index (χ0) is 20.7. The van der Waals surface area contributed by atoms with E-state index in [1.165, 1.54) is 36.3 Å². The maximum absolute atomic E-state index is 14.3. The van der Waals surface area contributed by atoms with E-state index in [-0.39, 0.29) is 17.1 Å². The second-order valence-electron chi connectivity index (χ2n) is 7.14. The smallest absolute Gasteiger partial charge is 0.430 e. The first-order valence-electron chi connectivity index (χ1n) is 8.97. The molecule has 0 aromatic heterocycles. The number of carbonyl (C=O) groups excluding carboxylic acids is 2. The minimum atomic E-state index is -4.99. The van der Waals surface area contributed by atoms with E-state index in [0.29, 0.717) is 12.8 Å². The lowest BCUT2D eigenvalue weighted by Crippen LogP contribution is -2.60. The molecule has 2 aliphatic rings. The Bertz CT molecular complexity index is 792. The summed E-state index contributed by atoms with van der Waals surface area (Å²) in [5.74, 6) is -1.90. The van der Waals surface area contributed by atoms with Gasteiger partial charge in [0.25, 0.3) is 11.5 Å². The first-order valence-corrected chi connectivity index (χ1v) is 8.97. The molecular formula is C20H22F3NO4. The molecule has 4 atom stereocenters. The third-order valence-corrected chi connectivity index (χ3v) is 5.73. The molecule has 152 valence electrons. The van der Waals surface area contributed by atoms with Crippen molar-refractivity contribution in [3.63, 3.8) is 0 Å². The molecule has 1 aromatic rings. The molecule has 0 saturated carbocycles. The Morgan fingerprint density at radius 1 is 1.14 bits per heavy atom. The molecule has 28 heavy (non-hydrogen) atoms. The molecule has 0 aliphatic carbocycles. The Kier molecular flexibility index (Phi) is 5.27. The van der Waals surface area contributed by atoms with Crippen LogP contribution in [0.25, 0.3) is 0 Å². The van der Waals surface area contributed by atoms with Gasteiger partial charge >= 0.3 is 12.1 Å². The number of benzene rings is 1. The molecule has 0 unspecified atom stereocenters. The van der Waals surface area contributed by atoms with Gasteiger partial charge in [-0.05, 0) is 18.8 Å². The zero-order valence-corrected chi connectivity index (χ0v) is 15.8. The maximum Gasteiger partial charge on any atom is 0.430 e. The van der Waals surface area contributed by atoms with Crippen LogP contribution in [0.4, 0.5) is 13.2 Å². The fraction of sp³-hybridized carbons (Fsp3) is 0.500. The standard InChI is InChI=1S/C20H22F3NO4/c1-12-11-16-14(17(25)27-2)9-10-15(12)24(16)18(26)19(28-3,20(21,22)23)13-7-5-4-6-8-13/h4-9,12,15-16H,10-11H2,1-3H3/t12-,15-,16-,19-/m1/s1. The van der Waals surface area contributed by atoms with Crippen LogP contribution in [-0.4, -0.2) is 49.3 Å². The molecule has 0 radical (unpaired) electrons. The van der Waals surface area contributed by atoms with Gasteiger partial charge in [-0.2, -0.15) is 13.2 Å². The molecule has 8 heteroatoms. The van der Waals surface area contributed by atoms with Crippen molar-refractivity contribution in [1.29, 1.82) is 0 Å². The van der Waals surface area contributed by atoms with Crippen molar-refractivity contribution in [2.24, 2.45) is 5.92 Å². The molecule has 2 heterocycles. The Morgan fingerprint density at radius 2 is 1.79 bits per heavy atom. The van der Waals surface area contributed by atoms with Crippen LogP contribution < -0.4 is 0 Å². The Hall–Kier alpha value is -2.35. The van der Waals surface area contributed by atoms with Gasteiger partial charge in [0.1, 0.15) is 0 Å². The Balaban J connectivity index is 2.12. The van der Waals surface area contributed by atoms with Crippen molar-refractivity contribution in [3.8, 4) is 0 Å². The van der Waals surface area contributed by atoms with Gasteiger partial charge in [-0.15, -0.1) is 0 Å². The average molecular weight is 397 g/mol. The maximum atomic E-state index is 14.3. The molecular weight excluding hydrogens is 375 g/mol. The van der Waals surface area contributed by atoms with Crippen LogP contribution in [0.1, 0.15) is 25.3 Å². The summed E-state index contributed by atoms with van der Waals surface area (Å²) in [6.07, 6.45) is -2.64. The first-order chi connectivity index (χ1) is 13.2. The van der Waals surface area contributed by atoms with E-state index >= 15 is 0 Å². The number of rotatable bonds is 4. The topological polar surface area (TPSA) is 55.8 Å². The van der Waals surface area contributed by atoms with Gasteiger partial charge in [-0.1, -0.05) is 43.3 Å². The number of hydrogen-bond acceptors (Lipinski definition) is 4. The monoisotopic (exact) mass is 397 g/mol. The molecule has 1 saturated heterocycles. The molecule has 3 rings (SSSR count). The Labute approximate surface area is 161 Å². The Morgan fingerprint density at radius 3 is 2.32 bits per heavy atom. The van der Waals surface area contributed by atoms with Crippen molar-refractivity contribution < 1.29 is 32.2 Å². The molecule has 1 fully saturated rings. The third-order valence-electron chi connectivity index (χ3n) is 5.73. The predicted molar refractivity (Wildman–Crippen MR) is 94.1 cm³/mol. The summed E-state index contributed by atoms with van der Waals surface area (Å²) >= 11 is 0. The van der Waals surface area contributed by atoms with Gasteiger partial charge in [-0.3, -0.25) is 4.79 Å². The van der Waals surface area contributed by atoms with Crippen molar-refractivity contribution in [2.45, 2.75) is 43.6 Å². The van der Waals surface area contributed by atoms with Crippen molar-refractivity contribution in [1.82, 2.24) is 4.90 Å². The highest BCUT2D eigenvalue weighted by atomic mass is 19.4. The molecule has 2 aliphatic heterocycles. The summed E-state index contributed by atoms with van der Waals surface area (Å²) in [6.45, 7) is 1.86. The van der Waals surface area contributed by atoms with E-state index in [0.717, 1.165) is 7.11 Å². The summed E-state index contributed by atoms with van der Waals surface area (Å²) in [6, 6.07) is 5.66. The predicted octanol–water partition coefficient (Wildman–Crippen LogP) is 3.20. The van der Waals surface area contributed by atoms with Crippen LogP contribution >= 0.6 is 0 Å².